The molecule has 72 valence electrons. The van der Waals surface area contributed by atoms with Gasteiger partial charge >= 0.3 is 0 Å². The lowest BCUT2D eigenvalue weighted by Gasteiger charge is -1.95. The highest BCUT2D eigenvalue weighted by atomic mass is 79.9. The summed E-state index contributed by atoms with van der Waals surface area (Å²) in [4.78, 5) is 0. The van der Waals surface area contributed by atoms with Crippen LogP contribution in [0.25, 0.3) is 11.3 Å². The van der Waals surface area contributed by atoms with Crippen LogP contribution in [0.15, 0.2) is 33.3 Å². The maximum atomic E-state index is 12.6. The second-order valence-electron chi connectivity index (χ2n) is 2.72. The third kappa shape index (κ3) is 1.50. The Kier molecular flexibility index (Phi) is 2.25. The van der Waals surface area contributed by atoms with Crippen LogP contribution in [0.1, 0.15) is 0 Å². The summed E-state index contributed by atoms with van der Waals surface area (Å²) in [6.45, 7) is 0. The number of nitrogens with two attached hydrogens (primary N) is 1. The van der Waals surface area contributed by atoms with Crippen LogP contribution in [0.2, 0.25) is 0 Å². The average Bonchev–Trinajstić information content (AvgIpc) is 2.50. The molecule has 0 fully saturated rings. The fourth-order valence-electron chi connectivity index (χ4n) is 1.07. The molecule has 2 rings (SSSR count). The summed E-state index contributed by atoms with van der Waals surface area (Å²) in [5.74, 6) is 0.490. The second kappa shape index (κ2) is 3.42. The molecule has 0 spiro atoms. The van der Waals surface area contributed by atoms with Crippen molar-refractivity contribution in [3.05, 3.63) is 34.6 Å². The largest absolute Gasteiger partial charge is 0.380 e. The molecule has 0 amide bonds. The van der Waals surface area contributed by atoms with Crippen molar-refractivity contribution in [2.75, 3.05) is 5.73 Å². The topological polar surface area (TPSA) is 52.0 Å². The van der Waals surface area contributed by atoms with E-state index in [0.717, 1.165) is 5.56 Å². The van der Waals surface area contributed by atoms with Gasteiger partial charge in [-0.1, -0.05) is 5.16 Å². The van der Waals surface area contributed by atoms with Gasteiger partial charge in [-0.2, -0.15) is 0 Å². The van der Waals surface area contributed by atoms with E-state index >= 15 is 0 Å². The first-order valence-electron chi connectivity index (χ1n) is 3.85. The van der Waals surface area contributed by atoms with Crippen molar-refractivity contribution in [2.45, 2.75) is 0 Å². The van der Waals surface area contributed by atoms with Gasteiger partial charge in [-0.25, -0.2) is 4.39 Å². The highest BCUT2D eigenvalue weighted by Gasteiger charge is 2.12. The van der Waals surface area contributed by atoms with Crippen molar-refractivity contribution in [3.8, 4) is 11.3 Å². The Morgan fingerprint density at radius 3 is 2.43 bits per heavy atom. The summed E-state index contributed by atoms with van der Waals surface area (Å²) in [5.41, 5.74) is 6.21. The molecule has 5 heteroatoms. The van der Waals surface area contributed by atoms with Gasteiger partial charge in [0.2, 0.25) is 0 Å². The molecule has 2 aromatic rings. The lowest BCUT2D eigenvalue weighted by Crippen LogP contribution is -1.83. The number of hydrogen-bond acceptors (Lipinski definition) is 3. The van der Waals surface area contributed by atoms with E-state index in [2.05, 4.69) is 21.1 Å². The Morgan fingerprint density at radius 2 is 1.93 bits per heavy atom. The number of halogens is 2. The maximum Gasteiger partial charge on any atom is 0.183 e. The van der Waals surface area contributed by atoms with Crippen LogP contribution in [0.3, 0.4) is 0 Å². The Labute approximate surface area is 87.8 Å². The predicted octanol–water partition coefficient (Wildman–Crippen LogP) is 2.83. The minimum absolute atomic E-state index is 0.282. The van der Waals surface area contributed by atoms with E-state index in [1.807, 2.05) is 0 Å². The van der Waals surface area contributed by atoms with E-state index in [4.69, 9.17) is 10.3 Å². The molecule has 0 aliphatic carbocycles. The number of nitrogens with zero attached hydrogens (tertiary/aromatic N) is 1. The van der Waals surface area contributed by atoms with Crippen LogP contribution >= 0.6 is 15.9 Å². The van der Waals surface area contributed by atoms with E-state index in [0.29, 0.717) is 10.2 Å². The summed E-state index contributed by atoms with van der Waals surface area (Å²) in [5, 5.41) is 3.58. The highest BCUT2D eigenvalue weighted by Crippen LogP contribution is 2.32. The highest BCUT2D eigenvalue weighted by molar-refractivity contribution is 9.10. The number of nitrogen functional groups attached to an aromatic ring is 1. The van der Waals surface area contributed by atoms with Gasteiger partial charge in [0.25, 0.3) is 0 Å². The van der Waals surface area contributed by atoms with Crippen molar-refractivity contribution < 1.29 is 8.91 Å². The molecule has 2 N–H and O–H groups in total. The van der Waals surface area contributed by atoms with Crippen molar-refractivity contribution >= 4 is 21.7 Å². The summed E-state index contributed by atoms with van der Waals surface area (Å²) >= 11 is 3.23. The van der Waals surface area contributed by atoms with Crippen molar-refractivity contribution in [1.29, 1.82) is 0 Å². The van der Waals surface area contributed by atoms with Gasteiger partial charge in [0.1, 0.15) is 10.3 Å². The van der Waals surface area contributed by atoms with Gasteiger partial charge in [-0.15, -0.1) is 0 Å². The van der Waals surface area contributed by atoms with Gasteiger partial charge in [0.15, 0.2) is 11.6 Å². The van der Waals surface area contributed by atoms with E-state index < -0.39 is 0 Å². The quantitative estimate of drug-likeness (QED) is 0.854. The van der Waals surface area contributed by atoms with E-state index in [1.165, 1.54) is 12.1 Å². The monoisotopic (exact) mass is 256 g/mol. The molecule has 1 heterocycles. The molecule has 0 aliphatic heterocycles. The van der Waals surface area contributed by atoms with Crippen LogP contribution in [-0.2, 0) is 0 Å². The van der Waals surface area contributed by atoms with Crippen molar-refractivity contribution in [1.82, 2.24) is 5.16 Å². The van der Waals surface area contributed by atoms with Crippen LogP contribution in [0.4, 0.5) is 10.2 Å². The van der Waals surface area contributed by atoms with E-state index in [9.17, 15) is 4.39 Å². The molecule has 1 aromatic heterocycles. The number of anilines is 1. The van der Waals surface area contributed by atoms with Gasteiger partial charge in [0, 0.05) is 5.56 Å². The van der Waals surface area contributed by atoms with Crippen LogP contribution in [0, 0.1) is 5.82 Å². The summed E-state index contributed by atoms with van der Waals surface area (Å²) in [6.07, 6.45) is 0. The molecule has 0 atom stereocenters. The lowest BCUT2D eigenvalue weighted by atomic mass is 10.2. The first kappa shape index (κ1) is 9.21. The third-order valence-electron chi connectivity index (χ3n) is 1.77. The minimum Gasteiger partial charge on any atom is -0.380 e. The molecule has 0 radical (unpaired) electrons. The molecular weight excluding hydrogens is 251 g/mol. The fourth-order valence-corrected chi connectivity index (χ4v) is 1.45. The van der Waals surface area contributed by atoms with E-state index in [1.54, 1.807) is 12.1 Å². The lowest BCUT2D eigenvalue weighted by molar-refractivity contribution is 0.435. The van der Waals surface area contributed by atoms with Crippen LogP contribution in [0.5, 0.6) is 0 Å². The van der Waals surface area contributed by atoms with Crippen molar-refractivity contribution in [2.24, 2.45) is 0 Å². The molecule has 14 heavy (non-hydrogen) atoms. The maximum absolute atomic E-state index is 12.6. The van der Waals surface area contributed by atoms with Gasteiger partial charge in [-0.05, 0) is 40.2 Å². The Morgan fingerprint density at radius 1 is 1.29 bits per heavy atom. The predicted molar refractivity (Wildman–Crippen MR) is 54.0 cm³/mol. The number of hydrogen-bond donors (Lipinski definition) is 1. The first-order valence-corrected chi connectivity index (χ1v) is 4.64. The molecular formula is C9H6BrFN2O. The molecule has 0 unspecified atom stereocenters. The molecule has 0 bridgehead atoms. The van der Waals surface area contributed by atoms with E-state index in [-0.39, 0.29) is 11.6 Å². The summed E-state index contributed by atoms with van der Waals surface area (Å²) in [7, 11) is 0. The third-order valence-corrected chi connectivity index (χ3v) is 2.53. The molecule has 0 aliphatic rings. The van der Waals surface area contributed by atoms with Crippen LogP contribution in [-0.4, -0.2) is 5.16 Å². The summed E-state index contributed by atoms with van der Waals surface area (Å²) in [6, 6.07) is 5.89. The smallest absolute Gasteiger partial charge is 0.183 e. The molecule has 3 nitrogen and oxygen atoms in total. The Balaban J connectivity index is 2.49. The molecule has 0 saturated heterocycles. The zero-order valence-electron chi connectivity index (χ0n) is 7.00. The first-order chi connectivity index (χ1) is 6.68. The minimum atomic E-state index is -0.294. The number of benzene rings is 1. The van der Waals surface area contributed by atoms with Gasteiger partial charge < -0.3 is 10.3 Å². The standard InChI is InChI=1S/C9H6BrFN2O/c10-7-8(14-13-9(7)12)5-1-3-6(11)4-2-5/h1-4H,(H2,12,13). The second-order valence-corrected chi connectivity index (χ2v) is 3.51. The number of aromatic nitrogens is 1. The molecule has 0 saturated carbocycles. The van der Waals surface area contributed by atoms with Crippen LogP contribution < -0.4 is 5.73 Å². The SMILES string of the molecule is Nc1noc(-c2ccc(F)cc2)c1Br. The van der Waals surface area contributed by atoms with Gasteiger partial charge in [-0.3, -0.25) is 0 Å². The zero-order chi connectivity index (χ0) is 10.1. The Bertz CT molecular complexity index is 452. The van der Waals surface area contributed by atoms with Gasteiger partial charge in [0.05, 0.1) is 0 Å². The average molecular weight is 257 g/mol. The summed E-state index contributed by atoms with van der Waals surface area (Å²) < 4.78 is 18.2. The van der Waals surface area contributed by atoms with Crippen molar-refractivity contribution in [3.63, 3.8) is 0 Å². The fraction of sp³-hybridized carbons (Fsp3) is 0. The zero-order valence-corrected chi connectivity index (χ0v) is 8.58. The normalized spacial score (nSPS) is 10.4. The Hall–Kier alpha value is -1.36. The number of rotatable bonds is 1. The molecule has 1 aromatic carbocycles.